The minimum Gasteiger partial charge on any atom is -0.462 e. The second kappa shape index (κ2) is 9.78. The summed E-state index contributed by atoms with van der Waals surface area (Å²) in [5.41, 5.74) is -0.0163. The normalized spacial score (nSPS) is 11.8. The summed E-state index contributed by atoms with van der Waals surface area (Å²) in [7, 11) is 0. The summed E-state index contributed by atoms with van der Waals surface area (Å²) in [6, 6.07) is 12.0. The van der Waals surface area contributed by atoms with Crippen molar-refractivity contribution < 1.29 is 18.7 Å². The SMILES string of the molecule is CCCCn1c(=NC(=O)c2ccccc2F)c(C(=O)OCC)cc2c(=O)n3ccccc3nc21. The molecule has 0 aliphatic carbocycles. The summed E-state index contributed by atoms with van der Waals surface area (Å²) >= 11 is 0. The lowest BCUT2D eigenvalue weighted by molar-refractivity contribution is 0.0523. The monoisotopic (exact) mass is 462 g/mol. The Morgan fingerprint density at radius 1 is 1.09 bits per heavy atom. The third-order valence-corrected chi connectivity index (χ3v) is 5.33. The number of halogens is 1. The zero-order valence-corrected chi connectivity index (χ0v) is 18.8. The highest BCUT2D eigenvalue weighted by Gasteiger charge is 2.20. The fourth-order valence-electron chi connectivity index (χ4n) is 3.68. The first kappa shape index (κ1) is 23.0. The van der Waals surface area contributed by atoms with Gasteiger partial charge in [-0.25, -0.2) is 14.2 Å². The van der Waals surface area contributed by atoms with Crippen molar-refractivity contribution >= 4 is 28.6 Å². The number of amides is 1. The summed E-state index contributed by atoms with van der Waals surface area (Å²) in [4.78, 5) is 47.9. The highest BCUT2D eigenvalue weighted by atomic mass is 19.1. The Bertz CT molecular complexity index is 1540. The van der Waals surface area contributed by atoms with Crippen molar-refractivity contribution in [2.24, 2.45) is 4.99 Å². The maximum atomic E-state index is 14.3. The minimum absolute atomic E-state index is 0.0279. The van der Waals surface area contributed by atoms with Crippen molar-refractivity contribution in [3.05, 3.63) is 87.5 Å². The summed E-state index contributed by atoms with van der Waals surface area (Å²) in [6.07, 6.45) is 3.05. The number of rotatable bonds is 6. The van der Waals surface area contributed by atoms with Gasteiger partial charge in [-0.1, -0.05) is 31.5 Å². The molecule has 1 amide bonds. The Kier molecular flexibility index (Phi) is 6.62. The van der Waals surface area contributed by atoms with Gasteiger partial charge in [0.15, 0.2) is 5.49 Å². The van der Waals surface area contributed by atoms with Crippen molar-refractivity contribution in [3.8, 4) is 0 Å². The smallest absolute Gasteiger partial charge is 0.341 e. The van der Waals surface area contributed by atoms with Gasteiger partial charge in [0, 0.05) is 12.7 Å². The van der Waals surface area contributed by atoms with Crippen LogP contribution in [-0.4, -0.2) is 32.4 Å². The largest absolute Gasteiger partial charge is 0.462 e. The van der Waals surface area contributed by atoms with E-state index in [9.17, 15) is 18.8 Å². The van der Waals surface area contributed by atoms with Gasteiger partial charge < -0.3 is 9.30 Å². The van der Waals surface area contributed by atoms with E-state index in [0.717, 1.165) is 12.5 Å². The molecule has 0 fully saturated rings. The molecule has 0 saturated carbocycles. The van der Waals surface area contributed by atoms with Crippen LogP contribution < -0.4 is 11.0 Å². The van der Waals surface area contributed by atoms with E-state index < -0.39 is 17.7 Å². The van der Waals surface area contributed by atoms with Crippen LogP contribution >= 0.6 is 0 Å². The van der Waals surface area contributed by atoms with E-state index in [1.807, 2.05) is 6.92 Å². The molecule has 9 heteroatoms. The molecule has 0 saturated heterocycles. The quantitative estimate of drug-likeness (QED) is 0.323. The molecule has 34 heavy (non-hydrogen) atoms. The van der Waals surface area contributed by atoms with Crippen LogP contribution in [0.5, 0.6) is 0 Å². The molecule has 4 rings (SSSR count). The van der Waals surface area contributed by atoms with Crippen LogP contribution in [-0.2, 0) is 11.3 Å². The number of aromatic nitrogens is 3. The lowest BCUT2D eigenvalue weighted by Crippen LogP contribution is -2.33. The van der Waals surface area contributed by atoms with Crippen LogP contribution in [0.15, 0.2) is 64.5 Å². The summed E-state index contributed by atoms with van der Waals surface area (Å²) in [6.45, 7) is 4.05. The molecule has 174 valence electrons. The molecular formula is C25H23FN4O4. The molecule has 0 unspecified atom stereocenters. The fourth-order valence-corrected chi connectivity index (χ4v) is 3.68. The molecule has 0 spiro atoms. The van der Waals surface area contributed by atoms with Crippen LogP contribution in [0.2, 0.25) is 0 Å². The molecule has 0 atom stereocenters. The maximum Gasteiger partial charge on any atom is 0.341 e. The molecule has 3 heterocycles. The van der Waals surface area contributed by atoms with Crippen LogP contribution in [0.3, 0.4) is 0 Å². The van der Waals surface area contributed by atoms with Gasteiger partial charge in [0.2, 0.25) is 0 Å². The van der Waals surface area contributed by atoms with Crippen molar-refractivity contribution in [3.63, 3.8) is 0 Å². The van der Waals surface area contributed by atoms with Gasteiger partial charge in [-0.3, -0.25) is 14.0 Å². The summed E-state index contributed by atoms with van der Waals surface area (Å²) in [5.74, 6) is -2.32. The molecule has 8 nitrogen and oxygen atoms in total. The minimum atomic E-state index is -0.856. The van der Waals surface area contributed by atoms with E-state index in [1.54, 1.807) is 35.9 Å². The molecule has 0 aliphatic rings. The average molecular weight is 462 g/mol. The van der Waals surface area contributed by atoms with Crippen LogP contribution in [0.1, 0.15) is 47.4 Å². The summed E-state index contributed by atoms with van der Waals surface area (Å²) in [5, 5.41) is 0.181. The predicted molar refractivity (Wildman–Crippen MR) is 124 cm³/mol. The number of esters is 1. The van der Waals surface area contributed by atoms with Gasteiger partial charge in [0.1, 0.15) is 22.7 Å². The van der Waals surface area contributed by atoms with Crippen molar-refractivity contribution in [1.29, 1.82) is 0 Å². The second-order valence-electron chi connectivity index (χ2n) is 7.59. The molecule has 0 bridgehead atoms. The zero-order chi connectivity index (χ0) is 24.2. The Hall–Kier alpha value is -4.14. The second-order valence-corrected chi connectivity index (χ2v) is 7.59. The van der Waals surface area contributed by atoms with Crippen molar-refractivity contribution in [2.75, 3.05) is 6.61 Å². The molecule has 0 aliphatic heterocycles. The number of unbranched alkanes of at least 4 members (excludes halogenated alkanes) is 1. The zero-order valence-electron chi connectivity index (χ0n) is 18.8. The number of aryl methyl sites for hydroxylation is 1. The van der Waals surface area contributed by atoms with E-state index in [1.165, 1.54) is 28.7 Å². The number of hydrogen-bond donors (Lipinski definition) is 0. The Morgan fingerprint density at radius 3 is 2.59 bits per heavy atom. The number of benzene rings is 1. The molecule has 0 radical (unpaired) electrons. The third-order valence-electron chi connectivity index (χ3n) is 5.33. The van der Waals surface area contributed by atoms with Gasteiger partial charge in [-0.15, -0.1) is 0 Å². The third kappa shape index (κ3) is 4.24. The van der Waals surface area contributed by atoms with E-state index in [-0.39, 0.29) is 39.8 Å². The molecule has 3 aromatic heterocycles. The number of ether oxygens (including phenoxy) is 1. The van der Waals surface area contributed by atoms with Crippen molar-refractivity contribution in [2.45, 2.75) is 33.2 Å². The van der Waals surface area contributed by atoms with E-state index in [4.69, 9.17) is 4.74 Å². The lowest BCUT2D eigenvalue weighted by atomic mass is 10.2. The van der Waals surface area contributed by atoms with Gasteiger partial charge in [0.25, 0.3) is 11.5 Å². The first-order chi connectivity index (χ1) is 16.5. The number of carbonyl (C=O) groups is 2. The van der Waals surface area contributed by atoms with Crippen LogP contribution in [0.4, 0.5) is 4.39 Å². The van der Waals surface area contributed by atoms with E-state index >= 15 is 0 Å². The number of pyridine rings is 2. The first-order valence-corrected chi connectivity index (χ1v) is 11.0. The van der Waals surface area contributed by atoms with E-state index in [0.29, 0.717) is 18.6 Å². The van der Waals surface area contributed by atoms with Gasteiger partial charge >= 0.3 is 5.97 Å². The Labute approximate surface area is 194 Å². The molecule has 1 aromatic carbocycles. The highest BCUT2D eigenvalue weighted by Crippen LogP contribution is 2.13. The molecule has 0 N–H and O–H groups in total. The fraction of sp³-hybridized carbons (Fsp3) is 0.240. The Balaban J connectivity index is 2.13. The highest BCUT2D eigenvalue weighted by molar-refractivity contribution is 5.97. The number of hydrogen-bond acceptors (Lipinski definition) is 5. The average Bonchev–Trinajstić information content (AvgIpc) is 2.83. The van der Waals surface area contributed by atoms with Crippen LogP contribution in [0.25, 0.3) is 16.7 Å². The van der Waals surface area contributed by atoms with Crippen molar-refractivity contribution in [1.82, 2.24) is 14.0 Å². The maximum absolute atomic E-state index is 14.3. The topological polar surface area (TPSA) is 95.0 Å². The number of nitrogens with zero attached hydrogens (tertiary/aromatic N) is 4. The van der Waals surface area contributed by atoms with Gasteiger partial charge in [-0.05, 0) is 43.7 Å². The lowest BCUT2D eigenvalue weighted by Gasteiger charge is -2.15. The standard InChI is InChI=1S/C25H23FN4O4/c1-3-5-13-30-21-17(24(32)29-14-9-8-12-20(29)27-21)15-18(25(33)34-4-2)22(30)28-23(31)16-10-6-7-11-19(16)26/h6-12,14-15H,3-5,13H2,1-2H3. The van der Waals surface area contributed by atoms with Gasteiger partial charge in [-0.2, -0.15) is 4.99 Å². The molecular weight excluding hydrogens is 439 g/mol. The number of carbonyl (C=O) groups excluding carboxylic acids is 2. The summed E-state index contributed by atoms with van der Waals surface area (Å²) < 4.78 is 22.4. The number of fused-ring (bicyclic) bond motifs is 2. The van der Waals surface area contributed by atoms with Crippen LogP contribution in [0, 0.1) is 5.82 Å². The van der Waals surface area contributed by atoms with E-state index in [2.05, 4.69) is 9.98 Å². The Morgan fingerprint density at radius 2 is 1.85 bits per heavy atom. The van der Waals surface area contributed by atoms with Gasteiger partial charge in [0.05, 0.1) is 17.6 Å². The first-order valence-electron chi connectivity index (χ1n) is 11.0. The predicted octanol–water partition coefficient (Wildman–Crippen LogP) is 3.51. The molecule has 4 aromatic rings.